The monoisotopic (exact) mass is 301 g/mol. The van der Waals surface area contributed by atoms with Crippen LogP contribution in [0.1, 0.15) is 9.67 Å². The number of carbonyl (C=O) groups is 2. The zero-order chi connectivity index (χ0) is 15.2. The van der Waals surface area contributed by atoms with Crippen LogP contribution in [-0.2, 0) is 4.79 Å². The Morgan fingerprint density at radius 2 is 1.95 bits per heavy atom. The minimum absolute atomic E-state index is 0.206. The third-order valence-corrected chi connectivity index (χ3v) is 3.81. The van der Waals surface area contributed by atoms with Gasteiger partial charge in [0.2, 0.25) is 0 Å². The van der Waals surface area contributed by atoms with E-state index in [-0.39, 0.29) is 19.0 Å². The van der Waals surface area contributed by atoms with E-state index >= 15 is 0 Å². The van der Waals surface area contributed by atoms with Gasteiger partial charge in [0, 0.05) is 12.1 Å². The summed E-state index contributed by atoms with van der Waals surface area (Å²) in [5, 5.41) is 10.8. The maximum Gasteiger partial charge on any atom is 0.323 e. The van der Waals surface area contributed by atoms with Gasteiger partial charge in [0.1, 0.15) is 6.54 Å². The van der Waals surface area contributed by atoms with Crippen molar-refractivity contribution < 1.29 is 14.7 Å². The van der Waals surface area contributed by atoms with E-state index in [9.17, 15) is 9.59 Å². The quantitative estimate of drug-likeness (QED) is 0.834. The molecule has 1 N–H and O–H groups in total. The molecule has 5 heteroatoms. The van der Waals surface area contributed by atoms with Crippen LogP contribution in [-0.4, -0.2) is 35.0 Å². The Labute approximate surface area is 127 Å². The molecular formula is C16H15NO3S. The zero-order valence-corrected chi connectivity index (χ0v) is 12.2. The summed E-state index contributed by atoms with van der Waals surface area (Å²) in [7, 11) is 0. The molecule has 0 saturated heterocycles. The van der Waals surface area contributed by atoms with Crippen molar-refractivity contribution in [1.82, 2.24) is 4.90 Å². The molecule has 1 heterocycles. The van der Waals surface area contributed by atoms with Gasteiger partial charge in [-0.25, -0.2) is 0 Å². The highest BCUT2D eigenvalue weighted by Gasteiger charge is 2.21. The molecule has 0 atom stereocenters. The van der Waals surface area contributed by atoms with Crippen molar-refractivity contribution in [1.29, 1.82) is 0 Å². The van der Waals surface area contributed by atoms with Crippen LogP contribution >= 0.6 is 11.3 Å². The molecule has 0 fully saturated rings. The van der Waals surface area contributed by atoms with E-state index in [0.29, 0.717) is 4.88 Å². The summed E-state index contributed by atoms with van der Waals surface area (Å²) in [5.74, 6) is -1.32. The number of carbonyl (C=O) groups excluding carboxylic acids is 1. The van der Waals surface area contributed by atoms with Crippen LogP contribution in [0.15, 0.2) is 54.4 Å². The average Bonchev–Trinajstić information content (AvgIpc) is 2.96. The summed E-state index contributed by atoms with van der Waals surface area (Å²) < 4.78 is 0. The average molecular weight is 301 g/mol. The number of nitrogens with zero attached hydrogens (tertiary/aromatic N) is 1. The van der Waals surface area contributed by atoms with Crippen LogP contribution in [0.3, 0.4) is 0 Å². The topological polar surface area (TPSA) is 57.6 Å². The summed E-state index contributed by atoms with van der Waals surface area (Å²) >= 11 is 1.32. The molecule has 0 unspecified atom stereocenters. The van der Waals surface area contributed by atoms with Crippen LogP contribution in [0.2, 0.25) is 0 Å². The second kappa shape index (κ2) is 6.85. The molecule has 4 nitrogen and oxygen atoms in total. The number of carboxylic acids is 1. The minimum atomic E-state index is -1.04. The second-order valence-electron chi connectivity index (χ2n) is 4.40. The van der Waals surface area contributed by atoms with Crippen LogP contribution in [0.5, 0.6) is 0 Å². The largest absolute Gasteiger partial charge is 0.480 e. The van der Waals surface area contributed by atoms with Gasteiger partial charge in [-0.2, -0.15) is 0 Å². The first-order valence-corrected chi connectivity index (χ1v) is 7.26. The summed E-state index contributed by atoms with van der Waals surface area (Å²) in [4.78, 5) is 25.3. The number of carboxylic acid groups (broad SMARTS) is 1. The minimum Gasteiger partial charge on any atom is -0.480 e. The van der Waals surface area contributed by atoms with Crippen molar-refractivity contribution in [2.75, 3.05) is 13.1 Å². The van der Waals surface area contributed by atoms with Gasteiger partial charge in [0.15, 0.2) is 0 Å². The van der Waals surface area contributed by atoms with E-state index in [2.05, 4.69) is 6.58 Å². The SMILES string of the molecule is C=CCN(CC(=O)O)C(=O)c1sccc1-c1ccccc1. The van der Waals surface area contributed by atoms with Gasteiger partial charge < -0.3 is 10.0 Å². The molecule has 1 amide bonds. The smallest absolute Gasteiger partial charge is 0.323 e. The van der Waals surface area contributed by atoms with E-state index in [1.807, 2.05) is 41.8 Å². The standard InChI is InChI=1S/C16H15NO3S/c1-2-9-17(11-14(18)19)16(20)15-13(8-10-21-15)12-6-4-3-5-7-12/h2-8,10H,1,9,11H2,(H,18,19). The van der Waals surface area contributed by atoms with E-state index in [4.69, 9.17) is 5.11 Å². The summed E-state index contributed by atoms with van der Waals surface area (Å²) in [6, 6.07) is 11.4. The molecule has 0 spiro atoms. The molecule has 2 aromatic rings. The van der Waals surface area contributed by atoms with Crippen LogP contribution in [0, 0.1) is 0 Å². The number of hydrogen-bond acceptors (Lipinski definition) is 3. The molecular weight excluding hydrogens is 286 g/mol. The van der Waals surface area contributed by atoms with Gasteiger partial charge in [-0.05, 0) is 17.0 Å². The van der Waals surface area contributed by atoms with E-state index < -0.39 is 5.97 Å². The number of benzene rings is 1. The van der Waals surface area contributed by atoms with Crippen molar-refractivity contribution in [3.63, 3.8) is 0 Å². The highest BCUT2D eigenvalue weighted by Crippen LogP contribution is 2.29. The first-order chi connectivity index (χ1) is 10.1. The first-order valence-electron chi connectivity index (χ1n) is 6.38. The summed E-state index contributed by atoms with van der Waals surface area (Å²) in [5.41, 5.74) is 1.76. The predicted molar refractivity (Wildman–Crippen MR) is 83.5 cm³/mol. The zero-order valence-electron chi connectivity index (χ0n) is 11.4. The van der Waals surface area contributed by atoms with Crippen molar-refractivity contribution in [2.45, 2.75) is 0 Å². The van der Waals surface area contributed by atoms with Gasteiger partial charge in [0.05, 0.1) is 4.88 Å². The molecule has 1 aromatic carbocycles. The highest BCUT2D eigenvalue weighted by molar-refractivity contribution is 7.12. The third-order valence-electron chi connectivity index (χ3n) is 2.91. The van der Waals surface area contributed by atoms with Crippen LogP contribution in [0.4, 0.5) is 0 Å². The van der Waals surface area contributed by atoms with Crippen molar-refractivity contribution in [3.05, 3.63) is 59.3 Å². The number of amides is 1. The molecule has 1 aromatic heterocycles. The molecule has 0 bridgehead atoms. The van der Waals surface area contributed by atoms with Gasteiger partial charge >= 0.3 is 5.97 Å². The Hall–Kier alpha value is -2.40. The fourth-order valence-electron chi connectivity index (χ4n) is 2.00. The summed E-state index contributed by atoms with van der Waals surface area (Å²) in [6.45, 7) is 3.44. The second-order valence-corrected chi connectivity index (χ2v) is 5.31. The highest BCUT2D eigenvalue weighted by atomic mass is 32.1. The Morgan fingerprint density at radius 1 is 1.24 bits per heavy atom. The third kappa shape index (κ3) is 3.58. The lowest BCUT2D eigenvalue weighted by molar-refractivity contribution is -0.137. The first kappa shape index (κ1) is 15.0. The summed E-state index contributed by atoms with van der Waals surface area (Å²) in [6.07, 6.45) is 1.52. The lowest BCUT2D eigenvalue weighted by Crippen LogP contribution is -2.35. The Morgan fingerprint density at radius 3 is 2.57 bits per heavy atom. The maximum absolute atomic E-state index is 12.6. The van der Waals surface area contributed by atoms with Crippen LogP contribution < -0.4 is 0 Å². The van der Waals surface area contributed by atoms with Gasteiger partial charge in [0.25, 0.3) is 5.91 Å². The van der Waals surface area contributed by atoms with Crippen LogP contribution in [0.25, 0.3) is 11.1 Å². The molecule has 0 saturated carbocycles. The van der Waals surface area contributed by atoms with Crippen molar-refractivity contribution >= 4 is 23.2 Å². The van der Waals surface area contributed by atoms with Gasteiger partial charge in [-0.3, -0.25) is 9.59 Å². The number of aliphatic carboxylic acids is 1. The number of thiophene rings is 1. The molecule has 0 radical (unpaired) electrons. The Kier molecular flexibility index (Phi) is 4.90. The Balaban J connectivity index is 2.33. The number of hydrogen-bond donors (Lipinski definition) is 1. The fraction of sp³-hybridized carbons (Fsp3) is 0.125. The lowest BCUT2D eigenvalue weighted by atomic mass is 10.1. The van der Waals surface area contributed by atoms with E-state index in [1.165, 1.54) is 22.3 Å². The van der Waals surface area contributed by atoms with Crippen molar-refractivity contribution in [2.24, 2.45) is 0 Å². The van der Waals surface area contributed by atoms with E-state index in [1.54, 1.807) is 0 Å². The maximum atomic E-state index is 12.6. The van der Waals surface area contributed by atoms with Gasteiger partial charge in [-0.1, -0.05) is 36.4 Å². The molecule has 21 heavy (non-hydrogen) atoms. The number of rotatable bonds is 6. The normalized spacial score (nSPS) is 10.1. The predicted octanol–water partition coefficient (Wildman–Crippen LogP) is 3.13. The Bertz CT molecular complexity index is 649. The molecule has 108 valence electrons. The van der Waals surface area contributed by atoms with Gasteiger partial charge in [-0.15, -0.1) is 17.9 Å². The molecule has 0 aliphatic carbocycles. The fourth-order valence-corrected chi connectivity index (χ4v) is 2.88. The molecule has 0 aliphatic rings. The molecule has 2 rings (SSSR count). The van der Waals surface area contributed by atoms with Crippen molar-refractivity contribution in [3.8, 4) is 11.1 Å². The lowest BCUT2D eigenvalue weighted by Gasteiger charge is -2.18. The van der Waals surface area contributed by atoms with E-state index in [0.717, 1.165) is 11.1 Å². The molecule has 0 aliphatic heterocycles.